The summed E-state index contributed by atoms with van der Waals surface area (Å²) in [6.45, 7) is 6.71. The second kappa shape index (κ2) is 12.7. The molecule has 2 aromatic carbocycles. The van der Waals surface area contributed by atoms with Gasteiger partial charge in [-0.2, -0.15) is 0 Å². The Morgan fingerprint density at radius 2 is 1.61 bits per heavy atom. The summed E-state index contributed by atoms with van der Waals surface area (Å²) in [4.78, 5) is 0. The molecule has 3 rings (SSSR count). The fourth-order valence-electron chi connectivity index (χ4n) is 4.00. The first kappa shape index (κ1) is 24.3. The van der Waals surface area contributed by atoms with E-state index in [1.165, 1.54) is 25.7 Å². The zero-order valence-electron chi connectivity index (χ0n) is 19.2. The topological polar surface area (TPSA) is 68.1 Å². The van der Waals surface area contributed by atoms with Crippen LogP contribution in [0.5, 0.6) is 11.5 Å². The minimum atomic E-state index is 0.167. The van der Waals surface area contributed by atoms with Gasteiger partial charge in [-0.1, -0.05) is 70.4 Å². The summed E-state index contributed by atoms with van der Waals surface area (Å²) in [6, 6.07) is 17.3. The number of unbranched alkanes of at least 4 members (excludes halogenated alkanes) is 2. The maximum absolute atomic E-state index is 10.1. The van der Waals surface area contributed by atoms with E-state index in [9.17, 15) is 5.11 Å². The molecule has 0 aliphatic heterocycles. The molecule has 166 valence electrons. The van der Waals surface area contributed by atoms with Crippen LogP contribution >= 0.6 is 0 Å². The van der Waals surface area contributed by atoms with Gasteiger partial charge in [0.05, 0.1) is 13.3 Å². The van der Waals surface area contributed by atoms with Crippen molar-refractivity contribution in [1.82, 2.24) is 15.4 Å². The van der Waals surface area contributed by atoms with Crippen LogP contribution in [0.15, 0.2) is 60.8 Å². The summed E-state index contributed by atoms with van der Waals surface area (Å²) in [7, 11) is 1.63. The average Bonchev–Trinajstić information content (AvgIpc) is 2.84. The Balaban J connectivity index is 0.000000224. The van der Waals surface area contributed by atoms with Crippen LogP contribution in [0.4, 0.5) is 0 Å². The van der Waals surface area contributed by atoms with Crippen molar-refractivity contribution < 1.29 is 9.84 Å². The number of nitrogens with zero attached hydrogens (tertiary/aromatic N) is 3. The maximum Gasteiger partial charge on any atom is 0.128 e. The summed E-state index contributed by atoms with van der Waals surface area (Å²) < 4.78 is 5.21. The number of phenols is 1. The number of phenolic OH excluding ortho intramolecular Hbond substituents is 1. The quantitative estimate of drug-likeness (QED) is 0.395. The van der Waals surface area contributed by atoms with E-state index in [1.54, 1.807) is 19.4 Å². The fraction of sp³-hybridized carbons (Fsp3) is 0.423. The molecule has 0 amide bonds. The molecule has 31 heavy (non-hydrogen) atoms. The van der Waals surface area contributed by atoms with Crippen LogP contribution < -0.4 is 4.74 Å². The molecule has 0 spiro atoms. The molecule has 0 unspecified atom stereocenters. The Hall–Kier alpha value is -2.95. The second-order valence-electron chi connectivity index (χ2n) is 7.67. The van der Waals surface area contributed by atoms with Gasteiger partial charge in [0.1, 0.15) is 17.2 Å². The number of methoxy groups -OCH3 is 1. The van der Waals surface area contributed by atoms with E-state index in [1.807, 2.05) is 42.5 Å². The van der Waals surface area contributed by atoms with Crippen molar-refractivity contribution in [2.45, 2.75) is 64.7 Å². The fourth-order valence-corrected chi connectivity index (χ4v) is 4.00. The number of aromatic hydroxyl groups is 1. The van der Waals surface area contributed by atoms with Gasteiger partial charge in [0.25, 0.3) is 0 Å². The number of benzene rings is 2. The lowest BCUT2D eigenvalue weighted by molar-refractivity contribution is 0.333. The zero-order chi connectivity index (χ0) is 22.5. The standard InChI is InChI=1S/C16H26O.C10H9N3O/c1-4-7-10-13-16(5-2,6-3)14-11-8-9-12-15(14)17;1-14-10-5-3-2-4-8(10)9-6-7-11-13-12-9/h8-9,11-12,17H,4-7,10,13H2,1-3H3;2-7H,1H3. The molecule has 0 saturated heterocycles. The smallest absolute Gasteiger partial charge is 0.128 e. The summed E-state index contributed by atoms with van der Waals surface area (Å²) in [5.41, 5.74) is 2.99. The van der Waals surface area contributed by atoms with Crippen LogP contribution in [-0.2, 0) is 5.41 Å². The number of hydrogen-bond donors (Lipinski definition) is 1. The van der Waals surface area contributed by atoms with E-state index < -0.39 is 0 Å². The molecule has 1 N–H and O–H groups in total. The molecular formula is C26H35N3O2. The number of para-hydroxylation sites is 2. The van der Waals surface area contributed by atoms with Crippen molar-refractivity contribution in [3.63, 3.8) is 0 Å². The molecular weight excluding hydrogens is 386 g/mol. The third kappa shape index (κ3) is 6.51. The lowest BCUT2D eigenvalue weighted by Crippen LogP contribution is -2.24. The minimum absolute atomic E-state index is 0.167. The molecule has 0 aliphatic carbocycles. The summed E-state index contributed by atoms with van der Waals surface area (Å²) in [5, 5.41) is 21.2. The third-order valence-corrected chi connectivity index (χ3v) is 5.97. The molecule has 0 atom stereocenters. The van der Waals surface area contributed by atoms with Crippen LogP contribution in [0.3, 0.4) is 0 Å². The molecule has 0 bridgehead atoms. The van der Waals surface area contributed by atoms with Gasteiger partial charge in [0, 0.05) is 11.1 Å². The first-order valence-electron chi connectivity index (χ1n) is 11.2. The van der Waals surface area contributed by atoms with Gasteiger partial charge in [-0.3, -0.25) is 0 Å². The van der Waals surface area contributed by atoms with Crippen LogP contribution in [0.1, 0.15) is 64.9 Å². The highest BCUT2D eigenvalue weighted by Crippen LogP contribution is 2.41. The largest absolute Gasteiger partial charge is 0.508 e. The Morgan fingerprint density at radius 1 is 0.903 bits per heavy atom. The van der Waals surface area contributed by atoms with Gasteiger partial charge in [0.2, 0.25) is 0 Å². The maximum atomic E-state index is 10.1. The van der Waals surface area contributed by atoms with E-state index >= 15 is 0 Å². The van der Waals surface area contributed by atoms with Crippen LogP contribution in [0.2, 0.25) is 0 Å². The van der Waals surface area contributed by atoms with Crippen LogP contribution in [0, 0.1) is 0 Å². The highest BCUT2D eigenvalue weighted by molar-refractivity contribution is 5.66. The minimum Gasteiger partial charge on any atom is -0.508 e. The van der Waals surface area contributed by atoms with Crippen molar-refractivity contribution in [3.8, 4) is 22.8 Å². The van der Waals surface area contributed by atoms with Crippen molar-refractivity contribution in [1.29, 1.82) is 0 Å². The van der Waals surface area contributed by atoms with Gasteiger partial charge < -0.3 is 9.84 Å². The van der Waals surface area contributed by atoms with Crippen molar-refractivity contribution in [2.75, 3.05) is 7.11 Å². The van der Waals surface area contributed by atoms with Gasteiger partial charge in [-0.25, -0.2) is 0 Å². The van der Waals surface area contributed by atoms with E-state index in [4.69, 9.17) is 4.74 Å². The lowest BCUT2D eigenvalue weighted by atomic mass is 9.72. The van der Waals surface area contributed by atoms with E-state index in [0.29, 0.717) is 5.75 Å². The van der Waals surface area contributed by atoms with Gasteiger partial charge in [-0.05, 0) is 54.2 Å². The molecule has 0 saturated carbocycles. The lowest BCUT2D eigenvalue weighted by Gasteiger charge is -2.33. The zero-order valence-corrected chi connectivity index (χ0v) is 19.2. The van der Waals surface area contributed by atoms with Crippen LogP contribution in [-0.4, -0.2) is 27.6 Å². The average molecular weight is 422 g/mol. The predicted molar refractivity (Wildman–Crippen MR) is 126 cm³/mol. The van der Waals surface area contributed by atoms with Crippen LogP contribution in [0.25, 0.3) is 11.3 Å². The normalized spacial score (nSPS) is 10.8. The van der Waals surface area contributed by atoms with E-state index in [2.05, 4.69) is 42.2 Å². The van der Waals surface area contributed by atoms with Gasteiger partial charge in [0.15, 0.2) is 0 Å². The second-order valence-corrected chi connectivity index (χ2v) is 7.67. The van der Waals surface area contributed by atoms with Gasteiger partial charge in [-0.15, -0.1) is 10.2 Å². The summed E-state index contributed by atoms with van der Waals surface area (Å²) in [6.07, 6.45) is 8.79. The SMILES string of the molecule is CCCCCC(CC)(CC)c1ccccc1O.COc1ccccc1-c1ccnnn1. The summed E-state index contributed by atoms with van der Waals surface area (Å²) >= 11 is 0. The molecule has 5 heteroatoms. The highest BCUT2D eigenvalue weighted by Gasteiger charge is 2.29. The molecule has 0 radical (unpaired) electrons. The molecule has 0 aliphatic rings. The third-order valence-electron chi connectivity index (χ3n) is 5.97. The Morgan fingerprint density at radius 3 is 2.23 bits per heavy atom. The number of hydrogen-bond acceptors (Lipinski definition) is 5. The Kier molecular flexibility index (Phi) is 9.95. The number of aromatic nitrogens is 3. The molecule has 3 aromatic rings. The van der Waals surface area contributed by atoms with E-state index in [0.717, 1.165) is 35.4 Å². The summed E-state index contributed by atoms with van der Waals surface area (Å²) in [5.74, 6) is 1.25. The molecule has 1 heterocycles. The van der Waals surface area contributed by atoms with Gasteiger partial charge >= 0.3 is 0 Å². The van der Waals surface area contributed by atoms with E-state index in [-0.39, 0.29) is 5.41 Å². The Labute approximate surface area is 186 Å². The number of rotatable bonds is 9. The molecule has 1 aromatic heterocycles. The highest BCUT2D eigenvalue weighted by atomic mass is 16.5. The molecule has 5 nitrogen and oxygen atoms in total. The number of ether oxygens (including phenoxy) is 1. The monoisotopic (exact) mass is 421 g/mol. The first-order valence-corrected chi connectivity index (χ1v) is 11.2. The molecule has 0 fully saturated rings. The van der Waals surface area contributed by atoms with Crippen molar-refractivity contribution >= 4 is 0 Å². The predicted octanol–water partition coefficient (Wildman–Crippen LogP) is 6.58. The van der Waals surface area contributed by atoms with Crippen molar-refractivity contribution in [2.24, 2.45) is 0 Å². The Bertz CT molecular complexity index is 896. The first-order chi connectivity index (χ1) is 15.1. The van der Waals surface area contributed by atoms with Crippen molar-refractivity contribution in [3.05, 3.63) is 66.4 Å².